The first-order valence-electron chi connectivity index (χ1n) is 12.8. The summed E-state index contributed by atoms with van der Waals surface area (Å²) in [5, 5.41) is 0. The largest absolute Gasteiger partial charge is 0.359 e. The van der Waals surface area contributed by atoms with Crippen molar-refractivity contribution in [3.8, 4) is 0 Å². The van der Waals surface area contributed by atoms with Crippen molar-refractivity contribution < 1.29 is 22.3 Å². The van der Waals surface area contributed by atoms with Crippen LogP contribution in [0.5, 0.6) is 0 Å². The molecule has 5 heteroatoms. The van der Waals surface area contributed by atoms with E-state index in [4.69, 9.17) is 4.74 Å². The minimum atomic E-state index is -3.18. The van der Waals surface area contributed by atoms with Crippen molar-refractivity contribution in [2.45, 2.75) is 72.0 Å². The van der Waals surface area contributed by atoms with Crippen LogP contribution in [0, 0.1) is 11.8 Å². The Labute approximate surface area is 226 Å². The summed E-state index contributed by atoms with van der Waals surface area (Å²) in [5.74, 6) is -0.956. The van der Waals surface area contributed by atoms with Gasteiger partial charge in [0.1, 0.15) is 11.7 Å². The summed E-state index contributed by atoms with van der Waals surface area (Å²) in [4.78, 5) is 0. The van der Waals surface area contributed by atoms with Crippen LogP contribution in [0.4, 0.5) is 17.6 Å². The molecule has 1 nitrogen and oxygen atoms in total. The third kappa shape index (κ3) is 11.6. The van der Waals surface area contributed by atoms with Crippen LogP contribution in [-0.4, -0.2) is 12.2 Å². The van der Waals surface area contributed by atoms with E-state index in [-0.39, 0.29) is 29.1 Å². The van der Waals surface area contributed by atoms with Crippen LogP contribution in [0.1, 0.15) is 59.8 Å². The molecule has 0 amide bonds. The van der Waals surface area contributed by atoms with Crippen LogP contribution in [0.25, 0.3) is 0 Å². The Kier molecular flexibility index (Phi) is 13.0. The summed E-state index contributed by atoms with van der Waals surface area (Å²) in [6, 6.07) is 0. The van der Waals surface area contributed by atoms with Crippen LogP contribution in [0.15, 0.2) is 121 Å². The lowest BCUT2D eigenvalue weighted by Crippen LogP contribution is -2.27. The average Bonchev–Trinajstić information content (AvgIpc) is 3.22. The highest BCUT2D eigenvalue weighted by Gasteiger charge is 2.34. The normalized spacial score (nSPS) is 18.2. The Morgan fingerprint density at radius 2 is 1.58 bits per heavy atom. The van der Waals surface area contributed by atoms with Gasteiger partial charge in [-0.3, -0.25) is 0 Å². The van der Waals surface area contributed by atoms with Gasteiger partial charge < -0.3 is 4.74 Å². The lowest BCUT2D eigenvalue weighted by atomic mass is 9.94. The Balaban J connectivity index is 2.59. The van der Waals surface area contributed by atoms with E-state index in [9.17, 15) is 17.6 Å². The van der Waals surface area contributed by atoms with Gasteiger partial charge in [0.05, 0.1) is 12.5 Å². The zero-order valence-corrected chi connectivity index (χ0v) is 23.3. The standard InChI is InChI=1S/C33H42F4O/c1-21(2)31(34)19-27(8)29(10)32(35)18-26(7)25(6)13-12-23(4)24(5)14-15-28(9)38-33(36,37)20-30-16-11-22(3)17-30/h12-13,17-19,22,24,28H,1,4,6-8,10-11,14-16,20H2,2-3,5,9H3/b13-12-,31-19+,32-18+. The molecule has 0 fully saturated rings. The van der Waals surface area contributed by atoms with Gasteiger partial charge >= 0.3 is 6.11 Å². The van der Waals surface area contributed by atoms with Gasteiger partial charge in [-0.2, -0.15) is 8.78 Å². The molecule has 0 N–H and O–H groups in total. The minimum absolute atomic E-state index is 0.00996. The third-order valence-corrected chi connectivity index (χ3v) is 6.48. The van der Waals surface area contributed by atoms with E-state index < -0.39 is 23.9 Å². The van der Waals surface area contributed by atoms with Gasteiger partial charge in [-0.1, -0.05) is 82.7 Å². The number of ether oxygens (including phenoxy) is 1. The molecule has 0 aromatic rings. The Bertz CT molecular complexity index is 1080. The molecule has 3 atom stereocenters. The fourth-order valence-electron chi connectivity index (χ4n) is 3.79. The molecule has 0 radical (unpaired) electrons. The van der Waals surface area contributed by atoms with Crippen LogP contribution >= 0.6 is 0 Å². The molecule has 0 spiro atoms. The van der Waals surface area contributed by atoms with Crippen LogP contribution in [-0.2, 0) is 4.74 Å². The Morgan fingerprint density at radius 3 is 2.13 bits per heavy atom. The van der Waals surface area contributed by atoms with E-state index in [2.05, 4.69) is 39.5 Å². The smallest absolute Gasteiger partial charge is 0.317 e. The van der Waals surface area contributed by atoms with E-state index in [0.717, 1.165) is 29.7 Å². The number of hydrogen-bond acceptors (Lipinski definition) is 1. The first-order chi connectivity index (χ1) is 17.5. The van der Waals surface area contributed by atoms with Crippen LogP contribution in [0.2, 0.25) is 0 Å². The first-order valence-corrected chi connectivity index (χ1v) is 12.8. The molecule has 0 saturated carbocycles. The molecule has 3 unspecified atom stereocenters. The summed E-state index contributed by atoms with van der Waals surface area (Å²) >= 11 is 0. The number of rotatable bonds is 16. The molecular formula is C33H42F4O. The number of allylic oxidation sites excluding steroid dienone is 13. The van der Waals surface area contributed by atoms with Gasteiger partial charge in [0, 0.05) is 5.57 Å². The van der Waals surface area contributed by atoms with Crippen molar-refractivity contribution in [1.29, 1.82) is 0 Å². The van der Waals surface area contributed by atoms with E-state index in [1.165, 1.54) is 6.92 Å². The predicted molar refractivity (Wildman–Crippen MR) is 153 cm³/mol. The summed E-state index contributed by atoms with van der Waals surface area (Å²) in [5.41, 5.74) is 2.49. The second-order valence-electron chi connectivity index (χ2n) is 10.3. The van der Waals surface area contributed by atoms with Crippen molar-refractivity contribution in [3.05, 3.63) is 121 Å². The van der Waals surface area contributed by atoms with Gasteiger partial charge in [-0.15, -0.1) is 0 Å². The molecule has 0 heterocycles. The number of halogens is 4. The van der Waals surface area contributed by atoms with Crippen molar-refractivity contribution in [2.24, 2.45) is 11.8 Å². The predicted octanol–water partition coefficient (Wildman–Crippen LogP) is 10.8. The maximum Gasteiger partial charge on any atom is 0.359 e. The fourth-order valence-corrected chi connectivity index (χ4v) is 3.79. The molecule has 0 aliphatic heterocycles. The maximum atomic E-state index is 14.6. The molecule has 38 heavy (non-hydrogen) atoms. The van der Waals surface area contributed by atoms with Crippen molar-refractivity contribution in [1.82, 2.24) is 0 Å². The third-order valence-electron chi connectivity index (χ3n) is 6.48. The molecule has 0 bridgehead atoms. The summed E-state index contributed by atoms with van der Waals surface area (Å²) in [6.07, 6.45) is 6.10. The van der Waals surface area contributed by atoms with Crippen molar-refractivity contribution >= 4 is 0 Å². The minimum Gasteiger partial charge on any atom is -0.317 e. The Hall–Kier alpha value is -2.92. The topological polar surface area (TPSA) is 9.23 Å². The highest BCUT2D eigenvalue weighted by Crippen LogP contribution is 2.34. The molecule has 0 aromatic carbocycles. The van der Waals surface area contributed by atoms with Crippen LogP contribution < -0.4 is 0 Å². The molecule has 1 rings (SSSR count). The van der Waals surface area contributed by atoms with Gasteiger partial charge in [0.15, 0.2) is 0 Å². The van der Waals surface area contributed by atoms with Gasteiger partial charge in [0.2, 0.25) is 0 Å². The fraction of sp³-hybridized carbons (Fsp3) is 0.394. The van der Waals surface area contributed by atoms with Crippen molar-refractivity contribution in [3.63, 3.8) is 0 Å². The van der Waals surface area contributed by atoms with Crippen LogP contribution in [0.3, 0.4) is 0 Å². The lowest BCUT2D eigenvalue weighted by Gasteiger charge is -2.23. The summed E-state index contributed by atoms with van der Waals surface area (Å²) in [6.45, 7) is 29.6. The van der Waals surface area contributed by atoms with Gasteiger partial charge in [-0.25, -0.2) is 8.78 Å². The van der Waals surface area contributed by atoms with Gasteiger partial charge in [0.25, 0.3) is 0 Å². The monoisotopic (exact) mass is 530 g/mol. The molecule has 0 saturated heterocycles. The highest BCUT2D eigenvalue weighted by atomic mass is 19.3. The van der Waals surface area contributed by atoms with Crippen molar-refractivity contribution in [2.75, 3.05) is 0 Å². The van der Waals surface area contributed by atoms with Gasteiger partial charge in [-0.05, 0) is 85.8 Å². The molecule has 1 aliphatic rings. The quantitative estimate of drug-likeness (QED) is 0.110. The highest BCUT2D eigenvalue weighted by molar-refractivity contribution is 5.53. The first kappa shape index (κ1) is 33.1. The summed E-state index contributed by atoms with van der Waals surface area (Å²) < 4.78 is 62.0. The van der Waals surface area contributed by atoms with E-state index >= 15 is 0 Å². The SMILES string of the molecule is C=C(/C=C\C(=C)C(C)CCC(C)OC(F)(F)CC1=CC(C)CC1)C(=C)/C=C(/F)C(=C)C(=C)/C=C(/F)C(=C)C. The van der Waals surface area contributed by atoms with E-state index in [0.29, 0.717) is 36.3 Å². The Morgan fingerprint density at radius 1 is 0.974 bits per heavy atom. The second kappa shape index (κ2) is 14.9. The zero-order chi connectivity index (χ0) is 29.2. The van der Waals surface area contributed by atoms with E-state index in [1.807, 2.05) is 19.9 Å². The van der Waals surface area contributed by atoms with E-state index in [1.54, 1.807) is 19.1 Å². The zero-order valence-electron chi connectivity index (χ0n) is 23.3. The molecule has 0 aromatic heterocycles. The molecular weight excluding hydrogens is 488 g/mol. The molecule has 1 aliphatic carbocycles. The lowest BCUT2D eigenvalue weighted by molar-refractivity contribution is -0.259. The number of hydrogen-bond donors (Lipinski definition) is 0. The molecule has 208 valence electrons. The second-order valence-corrected chi connectivity index (χ2v) is 10.3. The maximum absolute atomic E-state index is 14.6. The number of alkyl halides is 2. The average molecular weight is 531 g/mol. The summed E-state index contributed by atoms with van der Waals surface area (Å²) in [7, 11) is 0.